The van der Waals surface area contributed by atoms with E-state index in [4.69, 9.17) is 9.47 Å². The van der Waals surface area contributed by atoms with Gasteiger partial charge < -0.3 is 19.5 Å². The third kappa shape index (κ3) is 4.79. The van der Waals surface area contributed by atoms with Crippen molar-refractivity contribution in [2.45, 2.75) is 13.3 Å². The van der Waals surface area contributed by atoms with Crippen molar-refractivity contribution in [3.8, 4) is 0 Å². The number of esters is 3. The molecule has 0 bridgehead atoms. The van der Waals surface area contributed by atoms with E-state index in [2.05, 4.69) is 10.1 Å². The Kier molecular flexibility index (Phi) is 6.26. The van der Waals surface area contributed by atoms with E-state index in [9.17, 15) is 19.2 Å². The molecule has 8 nitrogen and oxygen atoms in total. The first-order chi connectivity index (χ1) is 12.4. The number of ketones is 1. The van der Waals surface area contributed by atoms with E-state index in [0.717, 1.165) is 0 Å². The maximum Gasteiger partial charge on any atom is 0.348 e. The summed E-state index contributed by atoms with van der Waals surface area (Å²) in [6, 6.07) is 6.04. The molecule has 1 aromatic carbocycles. The first kappa shape index (κ1) is 18.9. The van der Waals surface area contributed by atoms with Gasteiger partial charge in [-0.15, -0.1) is 0 Å². The normalized spacial score (nSPS) is 15.2. The van der Waals surface area contributed by atoms with Crippen molar-refractivity contribution in [1.82, 2.24) is 0 Å². The molecule has 0 spiro atoms. The van der Waals surface area contributed by atoms with Gasteiger partial charge in [0.05, 0.1) is 12.7 Å². The Balaban J connectivity index is 2.00. The first-order valence-electron chi connectivity index (χ1n) is 7.72. The first-order valence-corrected chi connectivity index (χ1v) is 7.72. The number of cyclic esters (lactones) is 1. The molecule has 0 aliphatic carbocycles. The molecule has 136 valence electrons. The van der Waals surface area contributed by atoms with Crippen LogP contribution in [0.3, 0.4) is 0 Å². The molecule has 0 atom stereocenters. The number of benzene rings is 1. The molecule has 26 heavy (non-hydrogen) atoms. The molecule has 1 heterocycles. The molecule has 0 fully saturated rings. The molecule has 0 radical (unpaired) electrons. The van der Waals surface area contributed by atoms with Gasteiger partial charge in [0, 0.05) is 24.4 Å². The molecule has 1 aliphatic rings. The molecule has 1 aliphatic heterocycles. The summed E-state index contributed by atoms with van der Waals surface area (Å²) in [4.78, 5) is 46.4. The number of rotatable bonds is 6. The highest BCUT2D eigenvalue weighted by atomic mass is 16.6. The highest BCUT2D eigenvalue weighted by Crippen LogP contribution is 2.17. The summed E-state index contributed by atoms with van der Waals surface area (Å²) in [5.74, 6) is -2.17. The highest BCUT2D eigenvalue weighted by Gasteiger charge is 2.25. The van der Waals surface area contributed by atoms with Crippen molar-refractivity contribution < 1.29 is 33.4 Å². The molecule has 0 unspecified atom stereocenters. The minimum Gasteiger partial charge on any atom is -0.466 e. The van der Waals surface area contributed by atoms with Crippen LogP contribution in [0.1, 0.15) is 23.7 Å². The monoisotopic (exact) mass is 359 g/mol. The van der Waals surface area contributed by atoms with E-state index in [1.165, 1.54) is 31.5 Å². The van der Waals surface area contributed by atoms with Gasteiger partial charge in [0.25, 0.3) is 0 Å². The second-order valence-corrected chi connectivity index (χ2v) is 5.15. The molecule has 1 N–H and O–H groups in total. The van der Waals surface area contributed by atoms with Crippen molar-refractivity contribution in [3.63, 3.8) is 0 Å². The number of anilines is 1. The number of allylic oxidation sites excluding steroid dienone is 2. The van der Waals surface area contributed by atoms with Crippen LogP contribution in [0, 0.1) is 0 Å². The molecular formula is C18H17NO7. The van der Waals surface area contributed by atoms with Crippen LogP contribution in [0.2, 0.25) is 0 Å². The van der Waals surface area contributed by atoms with Crippen LogP contribution in [-0.2, 0) is 28.6 Å². The van der Waals surface area contributed by atoms with Crippen molar-refractivity contribution in [1.29, 1.82) is 0 Å². The molecule has 2 rings (SSSR count). The Hall–Kier alpha value is -3.42. The van der Waals surface area contributed by atoms with E-state index >= 15 is 0 Å². The third-order valence-corrected chi connectivity index (χ3v) is 3.40. The number of carbonyl (C=O) groups is 4. The molecule has 8 heteroatoms. The Morgan fingerprint density at radius 1 is 1.19 bits per heavy atom. The summed E-state index contributed by atoms with van der Waals surface area (Å²) < 4.78 is 14.1. The van der Waals surface area contributed by atoms with Gasteiger partial charge in [-0.1, -0.05) is 6.92 Å². The standard InChI is InChI=1S/C18H17NO7/c1-3-13-8-15(20)14(18(23)26-13)9-19-12-6-4-11(5-7-12)17(22)25-10-16(21)24-2/h4-9,19H,3,10H2,1-2H3. The SMILES string of the molecule is CCC1=CC(=O)C(=CNc2ccc(C(=O)OCC(=O)OC)cc2)C(=O)O1. The van der Waals surface area contributed by atoms with Crippen LogP contribution in [0.15, 0.2) is 47.9 Å². The van der Waals surface area contributed by atoms with Crippen LogP contribution in [0.4, 0.5) is 5.69 Å². The molecule has 0 saturated heterocycles. The highest BCUT2D eigenvalue weighted by molar-refractivity contribution is 6.23. The third-order valence-electron chi connectivity index (χ3n) is 3.40. The summed E-state index contributed by atoms with van der Waals surface area (Å²) >= 11 is 0. The molecule has 0 saturated carbocycles. The quantitative estimate of drug-likeness (QED) is 0.354. The summed E-state index contributed by atoms with van der Waals surface area (Å²) in [6.07, 6.45) is 2.97. The Morgan fingerprint density at radius 3 is 2.46 bits per heavy atom. The average molecular weight is 359 g/mol. The Morgan fingerprint density at radius 2 is 1.88 bits per heavy atom. The predicted octanol–water partition coefficient (Wildman–Crippen LogP) is 1.73. The lowest BCUT2D eigenvalue weighted by atomic mass is 10.1. The predicted molar refractivity (Wildman–Crippen MR) is 89.9 cm³/mol. The van der Waals surface area contributed by atoms with Gasteiger partial charge in [-0.25, -0.2) is 14.4 Å². The number of nitrogens with one attached hydrogen (secondary N) is 1. The van der Waals surface area contributed by atoms with Crippen molar-refractivity contribution in [2.24, 2.45) is 0 Å². The maximum absolute atomic E-state index is 11.9. The zero-order chi connectivity index (χ0) is 19.1. The molecular weight excluding hydrogens is 342 g/mol. The lowest BCUT2D eigenvalue weighted by Crippen LogP contribution is -2.21. The molecule has 1 aromatic rings. The Bertz CT molecular complexity index is 790. The lowest BCUT2D eigenvalue weighted by molar-refractivity contribution is -0.144. The van der Waals surface area contributed by atoms with Gasteiger partial charge in [0.15, 0.2) is 12.4 Å². The van der Waals surface area contributed by atoms with Crippen molar-refractivity contribution in [2.75, 3.05) is 19.0 Å². The lowest BCUT2D eigenvalue weighted by Gasteiger charge is -2.13. The smallest absolute Gasteiger partial charge is 0.348 e. The van der Waals surface area contributed by atoms with Crippen LogP contribution < -0.4 is 5.32 Å². The van der Waals surface area contributed by atoms with E-state index in [1.807, 2.05) is 0 Å². The van der Waals surface area contributed by atoms with Gasteiger partial charge in [-0.05, 0) is 24.3 Å². The van der Waals surface area contributed by atoms with Gasteiger partial charge in [0.1, 0.15) is 11.3 Å². The minimum atomic E-state index is -0.718. The largest absolute Gasteiger partial charge is 0.466 e. The van der Waals surface area contributed by atoms with Crippen LogP contribution in [0.5, 0.6) is 0 Å². The number of carbonyl (C=O) groups excluding carboxylic acids is 4. The summed E-state index contributed by atoms with van der Waals surface area (Å²) in [5.41, 5.74) is 0.646. The summed E-state index contributed by atoms with van der Waals surface area (Å²) in [7, 11) is 1.19. The number of methoxy groups -OCH3 is 1. The summed E-state index contributed by atoms with van der Waals surface area (Å²) in [6.45, 7) is 1.30. The zero-order valence-electron chi connectivity index (χ0n) is 14.2. The van der Waals surface area contributed by atoms with Gasteiger partial charge >= 0.3 is 17.9 Å². The number of hydrogen-bond acceptors (Lipinski definition) is 8. The molecule has 0 aromatic heterocycles. The van der Waals surface area contributed by atoms with Crippen molar-refractivity contribution >= 4 is 29.4 Å². The average Bonchev–Trinajstić information content (AvgIpc) is 2.65. The van der Waals surface area contributed by atoms with Crippen LogP contribution in [0.25, 0.3) is 0 Å². The number of hydrogen-bond donors (Lipinski definition) is 1. The fourth-order valence-corrected chi connectivity index (χ4v) is 1.96. The fourth-order valence-electron chi connectivity index (χ4n) is 1.96. The van der Waals surface area contributed by atoms with Gasteiger partial charge in [-0.3, -0.25) is 4.79 Å². The topological polar surface area (TPSA) is 108 Å². The van der Waals surface area contributed by atoms with E-state index in [0.29, 0.717) is 17.9 Å². The Labute approximate surface area is 149 Å². The van der Waals surface area contributed by atoms with Crippen LogP contribution >= 0.6 is 0 Å². The fraction of sp³-hybridized carbons (Fsp3) is 0.222. The molecule has 0 amide bonds. The van der Waals surface area contributed by atoms with Crippen molar-refractivity contribution in [3.05, 3.63) is 53.4 Å². The van der Waals surface area contributed by atoms with E-state index in [1.54, 1.807) is 19.1 Å². The second-order valence-electron chi connectivity index (χ2n) is 5.15. The maximum atomic E-state index is 11.9. The van der Waals surface area contributed by atoms with Gasteiger partial charge in [-0.2, -0.15) is 0 Å². The second kappa shape index (κ2) is 8.61. The van der Waals surface area contributed by atoms with E-state index in [-0.39, 0.29) is 11.1 Å². The van der Waals surface area contributed by atoms with E-state index < -0.39 is 30.3 Å². The minimum absolute atomic E-state index is 0.122. The number of ether oxygens (including phenoxy) is 3. The summed E-state index contributed by atoms with van der Waals surface area (Å²) in [5, 5.41) is 2.79. The van der Waals surface area contributed by atoms with Gasteiger partial charge in [0.2, 0.25) is 0 Å². The zero-order valence-corrected chi connectivity index (χ0v) is 14.2. The van der Waals surface area contributed by atoms with Crippen LogP contribution in [-0.4, -0.2) is 37.4 Å².